The molecule has 0 fully saturated rings. The molecule has 0 aromatic heterocycles. The van der Waals surface area contributed by atoms with Gasteiger partial charge in [0.15, 0.2) is 0 Å². The summed E-state index contributed by atoms with van der Waals surface area (Å²) >= 11 is 3.47. The fourth-order valence-corrected chi connectivity index (χ4v) is 1.89. The highest BCUT2D eigenvalue weighted by molar-refractivity contribution is 9.10. The fourth-order valence-electron chi connectivity index (χ4n) is 1.64. The van der Waals surface area contributed by atoms with Gasteiger partial charge in [0, 0.05) is 4.47 Å². The third-order valence-electron chi connectivity index (χ3n) is 2.52. The van der Waals surface area contributed by atoms with E-state index in [0.717, 1.165) is 15.6 Å². The van der Waals surface area contributed by atoms with Crippen molar-refractivity contribution in [2.75, 3.05) is 0 Å². The predicted molar refractivity (Wildman–Crippen MR) is 69.0 cm³/mol. The van der Waals surface area contributed by atoms with Gasteiger partial charge in [0.05, 0.1) is 11.6 Å². The number of nitriles is 1. The average molecular weight is 272 g/mol. The Morgan fingerprint density at radius 3 is 2.56 bits per heavy atom. The van der Waals surface area contributed by atoms with Crippen molar-refractivity contribution in [2.45, 2.75) is 6.92 Å². The molecule has 0 aliphatic carbocycles. The van der Waals surface area contributed by atoms with Crippen molar-refractivity contribution < 1.29 is 0 Å². The SMILES string of the molecule is Cc1cc(-c2ccccc2C#N)ccc1Br. The maximum atomic E-state index is 9.04. The standard InChI is InChI=1S/C14H10BrN/c1-10-8-11(6-7-14(10)15)13-5-3-2-4-12(13)9-16/h2-8H,1H3. The molecule has 2 rings (SSSR count). The first-order valence-electron chi connectivity index (χ1n) is 4.98. The Bertz CT molecular complexity index is 567. The summed E-state index contributed by atoms with van der Waals surface area (Å²) in [6.07, 6.45) is 0. The van der Waals surface area contributed by atoms with Crippen molar-refractivity contribution in [2.24, 2.45) is 0 Å². The Balaban J connectivity index is 2.60. The van der Waals surface area contributed by atoms with Gasteiger partial charge < -0.3 is 0 Å². The third-order valence-corrected chi connectivity index (χ3v) is 3.41. The van der Waals surface area contributed by atoms with Crippen LogP contribution in [0.2, 0.25) is 0 Å². The zero-order valence-corrected chi connectivity index (χ0v) is 10.5. The van der Waals surface area contributed by atoms with Crippen LogP contribution in [0.15, 0.2) is 46.9 Å². The molecule has 0 spiro atoms. The van der Waals surface area contributed by atoms with Crippen molar-refractivity contribution in [3.05, 3.63) is 58.1 Å². The van der Waals surface area contributed by atoms with Crippen LogP contribution in [0, 0.1) is 18.3 Å². The van der Waals surface area contributed by atoms with Crippen LogP contribution in [0.1, 0.15) is 11.1 Å². The summed E-state index contributed by atoms with van der Waals surface area (Å²) < 4.78 is 1.09. The van der Waals surface area contributed by atoms with E-state index in [1.165, 1.54) is 5.56 Å². The summed E-state index contributed by atoms with van der Waals surface area (Å²) in [5.41, 5.74) is 3.95. The summed E-state index contributed by atoms with van der Waals surface area (Å²) in [4.78, 5) is 0. The molecule has 2 heteroatoms. The number of aryl methyl sites for hydroxylation is 1. The van der Waals surface area contributed by atoms with Gasteiger partial charge >= 0.3 is 0 Å². The average Bonchev–Trinajstić information content (AvgIpc) is 2.32. The second-order valence-electron chi connectivity index (χ2n) is 3.62. The maximum Gasteiger partial charge on any atom is 0.0998 e. The van der Waals surface area contributed by atoms with Crippen LogP contribution in [-0.2, 0) is 0 Å². The number of halogens is 1. The first kappa shape index (κ1) is 10.9. The lowest BCUT2D eigenvalue weighted by atomic mass is 9.99. The highest BCUT2D eigenvalue weighted by Crippen LogP contribution is 2.27. The predicted octanol–water partition coefficient (Wildman–Crippen LogP) is 4.30. The minimum absolute atomic E-state index is 0.712. The number of nitrogens with zero attached hydrogens (tertiary/aromatic N) is 1. The fraction of sp³-hybridized carbons (Fsp3) is 0.0714. The highest BCUT2D eigenvalue weighted by atomic mass is 79.9. The van der Waals surface area contributed by atoms with Crippen LogP contribution >= 0.6 is 15.9 Å². The summed E-state index contributed by atoms with van der Waals surface area (Å²) in [7, 11) is 0. The van der Waals surface area contributed by atoms with Gasteiger partial charge in [-0.15, -0.1) is 0 Å². The van der Waals surface area contributed by atoms with Crippen molar-refractivity contribution in [3.63, 3.8) is 0 Å². The topological polar surface area (TPSA) is 23.8 Å². The molecule has 0 N–H and O–H groups in total. The van der Waals surface area contributed by atoms with Crippen molar-refractivity contribution in [1.82, 2.24) is 0 Å². The van der Waals surface area contributed by atoms with Gasteiger partial charge in [0.1, 0.15) is 0 Å². The van der Waals surface area contributed by atoms with Crippen LogP contribution in [0.25, 0.3) is 11.1 Å². The summed E-state index contributed by atoms with van der Waals surface area (Å²) in [5, 5.41) is 9.04. The monoisotopic (exact) mass is 271 g/mol. The van der Waals surface area contributed by atoms with Gasteiger partial charge in [-0.2, -0.15) is 5.26 Å². The minimum atomic E-state index is 0.712. The smallest absolute Gasteiger partial charge is 0.0998 e. The maximum absolute atomic E-state index is 9.04. The molecule has 2 aromatic carbocycles. The molecule has 0 amide bonds. The molecule has 0 radical (unpaired) electrons. The molecular formula is C14H10BrN. The molecule has 2 aromatic rings. The Morgan fingerprint density at radius 1 is 1.12 bits per heavy atom. The summed E-state index contributed by atoms with van der Waals surface area (Å²) in [5.74, 6) is 0. The van der Waals surface area contributed by atoms with E-state index < -0.39 is 0 Å². The normalized spacial score (nSPS) is 9.81. The molecular weight excluding hydrogens is 262 g/mol. The first-order chi connectivity index (χ1) is 7.72. The van der Waals surface area contributed by atoms with Gasteiger partial charge in [0.25, 0.3) is 0 Å². The molecule has 1 nitrogen and oxygen atoms in total. The molecule has 0 atom stereocenters. The lowest BCUT2D eigenvalue weighted by molar-refractivity contribution is 1.42. The first-order valence-corrected chi connectivity index (χ1v) is 5.77. The third kappa shape index (κ3) is 2.00. The van der Waals surface area contributed by atoms with E-state index in [1.807, 2.05) is 43.3 Å². The van der Waals surface area contributed by atoms with Crippen LogP contribution in [0.4, 0.5) is 0 Å². The van der Waals surface area contributed by atoms with E-state index in [1.54, 1.807) is 0 Å². The zero-order chi connectivity index (χ0) is 11.5. The molecule has 0 unspecified atom stereocenters. The van der Waals surface area contributed by atoms with Gasteiger partial charge in [0.2, 0.25) is 0 Å². The van der Waals surface area contributed by atoms with Gasteiger partial charge in [-0.3, -0.25) is 0 Å². The second kappa shape index (κ2) is 4.51. The van der Waals surface area contributed by atoms with Crippen molar-refractivity contribution in [1.29, 1.82) is 5.26 Å². The van der Waals surface area contributed by atoms with Gasteiger partial charge in [-0.1, -0.05) is 46.3 Å². The molecule has 0 saturated heterocycles. The van der Waals surface area contributed by atoms with Crippen LogP contribution < -0.4 is 0 Å². The van der Waals surface area contributed by atoms with Crippen molar-refractivity contribution >= 4 is 15.9 Å². The van der Waals surface area contributed by atoms with E-state index in [4.69, 9.17) is 5.26 Å². The number of hydrogen-bond donors (Lipinski definition) is 0. The highest BCUT2D eigenvalue weighted by Gasteiger charge is 2.04. The van der Waals surface area contributed by atoms with Crippen LogP contribution in [-0.4, -0.2) is 0 Å². The molecule has 0 saturated carbocycles. The quantitative estimate of drug-likeness (QED) is 0.759. The molecule has 0 heterocycles. The molecule has 0 bridgehead atoms. The molecule has 0 aliphatic heterocycles. The second-order valence-corrected chi connectivity index (χ2v) is 4.48. The Hall–Kier alpha value is -1.59. The molecule has 0 aliphatic rings. The lowest BCUT2D eigenvalue weighted by Crippen LogP contribution is -1.85. The van der Waals surface area contributed by atoms with Gasteiger partial charge in [-0.05, 0) is 35.7 Å². The number of rotatable bonds is 1. The van der Waals surface area contributed by atoms with E-state index in [2.05, 4.69) is 28.1 Å². The minimum Gasteiger partial charge on any atom is -0.192 e. The number of benzene rings is 2. The summed E-state index contributed by atoms with van der Waals surface area (Å²) in [6, 6.07) is 16.0. The largest absolute Gasteiger partial charge is 0.192 e. The van der Waals surface area contributed by atoms with E-state index in [0.29, 0.717) is 5.56 Å². The van der Waals surface area contributed by atoms with Crippen molar-refractivity contribution in [3.8, 4) is 17.2 Å². The van der Waals surface area contributed by atoms with E-state index in [-0.39, 0.29) is 0 Å². The Labute approximate surface area is 103 Å². The van der Waals surface area contributed by atoms with Gasteiger partial charge in [-0.25, -0.2) is 0 Å². The Morgan fingerprint density at radius 2 is 1.88 bits per heavy atom. The number of hydrogen-bond acceptors (Lipinski definition) is 1. The lowest BCUT2D eigenvalue weighted by Gasteiger charge is -2.06. The molecule has 16 heavy (non-hydrogen) atoms. The van der Waals surface area contributed by atoms with E-state index in [9.17, 15) is 0 Å². The van der Waals surface area contributed by atoms with Crippen LogP contribution in [0.3, 0.4) is 0 Å². The zero-order valence-electron chi connectivity index (χ0n) is 8.87. The molecule has 78 valence electrons. The Kier molecular flexibility index (Phi) is 3.07. The summed E-state index contributed by atoms with van der Waals surface area (Å²) in [6.45, 7) is 2.04. The van der Waals surface area contributed by atoms with E-state index >= 15 is 0 Å². The van der Waals surface area contributed by atoms with Crippen LogP contribution in [0.5, 0.6) is 0 Å².